The highest BCUT2D eigenvalue weighted by Gasteiger charge is 2.23. The van der Waals surface area contributed by atoms with E-state index in [1.54, 1.807) is 11.3 Å². The molecule has 1 aliphatic rings. The Morgan fingerprint density at radius 3 is 2.50 bits per heavy atom. The van der Waals surface area contributed by atoms with Crippen LogP contribution in [0.4, 0.5) is 0 Å². The Labute approximate surface area is 143 Å². The molecule has 0 radical (unpaired) electrons. The molecule has 0 spiro atoms. The highest BCUT2D eigenvalue weighted by atomic mass is 79.9. The van der Waals surface area contributed by atoms with E-state index >= 15 is 0 Å². The average molecular weight is 379 g/mol. The topological polar surface area (TPSA) is 46.3 Å². The van der Waals surface area contributed by atoms with E-state index in [2.05, 4.69) is 28.1 Å². The molecule has 1 fully saturated rings. The van der Waals surface area contributed by atoms with Crippen molar-refractivity contribution in [1.82, 2.24) is 4.90 Å². The molecule has 116 valence electrons. The standard InChI is InChI=1S/C17H19BrN2OS/c18-14-3-1-13(2-4-14)15-5-6-16(22-15)17(21)20-9-7-12(11-19)8-10-20/h1-6,12H,7-11,19H2. The Morgan fingerprint density at radius 2 is 1.86 bits per heavy atom. The average Bonchev–Trinajstić information content (AvgIpc) is 3.05. The van der Waals surface area contributed by atoms with Gasteiger partial charge >= 0.3 is 0 Å². The molecule has 22 heavy (non-hydrogen) atoms. The molecule has 1 aromatic carbocycles. The number of nitrogens with two attached hydrogens (primary N) is 1. The van der Waals surface area contributed by atoms with Crippen molar-refractivity contribution in [2.75, 3.05) is 19.6 Å². The lowest BCUT2D eigenvalue weighted by molar-refractivity contribution is 0.0698. The van der Waals surface area contributed by atoms with Crippen LogP contribution in [0.2, 0.25) is 0 Å². The van der Waals surface area contributed by atoms with Gasteiger partial charge in [-0.15, -0.1) is 11.3 Å². The molecule has 0 atom stereocenters. The highest BCUT2D eigenvalue weighted by molar-refractivity contribution is 9.10. The van der Waals surface area contributed by atoms with Crippen molar-refractivity contribution in [2.24, 2.45) is 11.7 Å². The summed E-state index contributed by atoms with van der Waals surface area (Å²) in [7, 11) is 0. The Bertz CT molecular complexity index is 645. The normalized spacial score (nSPS) is 16.0. The molecule has 2 N–H and O–H groups in total. The fourth-order valence-electron chi connectivity index (χ4n) is 2.75. The van der Waals surface area contributed by atoms with Gasteiger partial charge in [0.2, 0.25) is 0 Å². The lowest BCUT2D eigenvalue weighted by Crippen LogP contribution is -2.39. The van der Waals surface area contributed by atoms with Gasteiger partial charge in [0, 0.05) is 22.4 Å². The van der Waals surface area contributed by atoms with E-state index in [1.165, 1.54) is 0 Å². The smallest absolute Gasteiger partial charge is 0.263 e. The number of thiophene rings is 1. The number of amides is 1. The zero-order chi connectivity index (χ0) is 15.5. The summed E-state index contributed by atoms with van der Waals surface area (Å²) in [5.41, 5.74) is 6.86. The molecule has 0 bridgehead atoms. The van der Waals surface area contributed by atoms with Crippen LogP contribution in [-0.2, 0) is 0 Å². The number of likely N-dealkylation sites (tertiary alicyclic amines) is 1. The van der Waals surface area contributed by atoms with E-state index in [1.807, 2.05) is 29.2 Å². The van der Waals surface area contributed by atoms with Gasteiger partial charge < -0.3 is 10.6 Å². The number of nitrogens with zero attached hydrogens (tertiary/aromatic N) is 1. The van der Waals surface area contributed by atoms with Crippen molar-refractivity contribution >= 4 is 33.2 Å². The lowest BCUT2D eigenvalue weighted by atomic mass is 9.97. The van der Waals surface area contributed by atoms with Gasteiger partial charge in [-0.1, -0.05) is 28.1 Å². The van der Waals surface area contributed by atoms with E-state index in [4.69, 9.17) is 5.73 Å². The van der Waals surface area contributed by atoms with Gasteiger partial charge in [-0.2, -0.15) is 0 Å². The van der Waals surface area contributed by atoms with Gasteiger partial charge in [0.15, 0.2) is 0 Å². The van der Waals surface area contributed by atoms with Gasteiger partial charge in [-0.05, 0) is 55.1 Å². The predicted octanol–water partition coefficient (Wildman–Crippen LogP) is 3.99. The van der Waals surface area contributed by atoms with Crippen molar-refractivity contribution in [1.29, 1.82) is 0 Å². The van der Waals surface area contributed by atoms with Crippen LogP contribution in [0.25, 0.3) is 10.4 Å². The molecule has 2 heterocycles. The quantitative estimate of drug-likeness (QED) is 0.877. The van der Waals surface area contributed by atoms with Crippen molar-refractivity contribution in [2.45, 2.75) is 12.8 Å². The second-order valence-corrected chi connectivity index (χ2v) is 7.64. The van der Waals surface area contributed by atoms with Gasteiger partial charge in [-0.3, -0.25) is 4.79 Å². The number of piperidine rings is 1. The number of halogens is 1. The molecule has 0 saturated carbocycles. The summed E-state index contributed by atoms with van der Waals surface area (Å²) in [6.07, 6.45) is 2.04. The summed E-state index contributed by atoms with van der Waals surface area (Å²) in [6.45, 7) is 2.38. The number of rotatable bonds is 3. The molecule has 1 aliphatic heterocycles. The first kappa shape index (κ1) is 15.7. The van der Waals surface area contributed by atoms with Crippen molar-refractivity contribution in [3.05, 3.63) is 45.7 Å². The fraction of sp³-hybridized carbons (Fsp3) is 0.353. The number of carbonyl (C=O) groups excluding carboxylic acids is 1. The summed E-state index contributed by atoms with van der Waals surface area (Å²) in [5, 5.41) is 0. The van der Waals surface area contributed by atoms with Crippen LogP contribution in [-0.4, -0.2) is 30.4 Å². The molecule has 1 amide bonds. The zero-order valence-corrected chi connectivity index (χ0v) is 14.7. The third-order valence-corrected chi connectivity index (χ3v) is 5.83. The molecule has 3 rings (SSSR count). The van der Waals surface area contributed by atoms with E-state index in [0.717, 1.165) is 52.3 Å². The maximum absolute atomic E-state index is 12.6. The summed E-state index contributed by atoms with van der Waals surface area (Å²) in [5.74, 6) is 0.731. The Balaban J connectivity index is 1.71. The number of hydrogen-bond donors (Lipinski definition) is 1. The molecule has 0 aliphatic carbocycles. The summed E-state index contributed by atoms with van der Waals surface area (Å²) in [6, 6.07) is 12.2. The van der Waals surface area contributed by atoms with E-state index in [0.29, 0.717) is 5.92 Å². The molecule has 0 unspecified atom stereocenters. The molecule has 2 aromatic rings. The monoisotopic (exact) mass is 378 g/mol. The summed E-state index contributed by atoms with van der Waals surface area (Å²) in [4.78, 5) is 16.5. The number of carbonyl (C=O) groups is 1. The minimum atomic E-state index is 0.156. The van der Waals surface area contributed by atoms with Crippen LogP contribution in [0.5, 0.6) is 0 Å². The molecule has 5 heteroatoms. The van der Waals surface area contributed by atoms with Crippen LogP contribution in [0.15, 0.2) is 40.9 Å². The molecule has 3 nitrogen and oxygen atoms in total. The zero-order valence-electron chi connectivity index (χ0n) is 12.3. The minimum Gasteiger partial charge on any atom is -0.338 e. The first-order chi connectivity index (χ1) is 10.7. The summed E-state index contributed by atoms with van der Waals surface area (Å²) >= 11 is 5.01. The van der Waals surface area contributed by atoms with Crippen LogP contribution < -0.4 is 5.73 Å². The van der Waals surface area contributed by atoms with Gasteiger partial charge in [0.05, 0.1) is 4.88 Å². The predicted molar refractivity (Wildman–Crippen MR) is 95.1 cm³/mol. The minimum absolute atomic E-state index is 0.156. The van der Waals surface area contributed by atoms with E-state index < -0.39 is 0 Å². The van der Waals surface area contributed by atoms with Crippen molar-refractivity contribution in [3.8, 4) is 10.4 Å². The Morgan fingerprint density at radius 1 is 1.18 bits per heavy atom. The maximum atomic E-state index is 12.6. The molecular weight excluding hydrogens is 360 g/mol. The molecular formula is C17H19BrN2OS. The highest BCUT2D eigenvalue weighted by Crippen LogP contribution is 2.30. The maximum Gasteiger partial charge on any atom is 0.263 e. The first-order valence-electron chi connectivity index (χ1n) is 7.52. The third kappa shape index (κ3) is 3.42. The van der Waals surface area contributed by atoms with Crippen LogP contribution in [0.1, 0.15) is 22.5 Å². The van der Waals surface area contributed by atoms with Gasteiger partial charge in [-0.25, -0.2) is 0 Å². The van der Waals surface area contributed by atoms with Crippen molar-refractivity contribution < 1.29 is 4.79 Å². The van der Waals surface area contributed by atoms with E-state index in [-0.39, 0.29) is 5.91 Å². The van der Waals surface area contributed by atoms with E-state index in [9.17, 15) is 4.79 Å². The second kappa shape index (κ2) is 6.94. The van der Waals surface area contributed by atoms with Crippen LogP contribution in [0, 0.1) is 5.92 Å². The second-order valence-electron chi connectivity index (χ2n) is 5.64. The number of hydrogen-bond acceptors (Lipinski definition) is 3. The van der Waals surface area contributed by atoms with Crippen LogP contribution >= 0.6 is 27.3 Å². The van der Waals surface area contributed by atoms with Gasteiger partial charge in [0.1, 0.15) is 0 Å². The largest absolute Gasteiger partial charge is 0.338 e. The lowest BCUT2D eigenvalue weighted by Gasteiger charge is -2.31. The Hall–Kier alpha value is -1.17. The van der Waals surface area contributed by atoms with Gasteiger partial charge in [0.25, 0.3) is 5.91 Å². The molecule has 1 aromatic heterocycles. The molecule has 1 saturated heterocycles. The fourth-order valence-corrected chi connectivity index (χ4v) is 3.99. The van der Waals surface area contributed by atoms with Crippen LogP contribution in [0.3, 0.4) is 0 Å². The number of benzene rings is 1. The summed E-state index contributed by atoms with van der Waals surface area (Å²) < 4.78 is 1.06. The SMILES string of the molecule is NCC1CCN(C(=O)c2ccc(-c3ccc(Br)cc3)s2)CC1. The third-order valence-electron chi connectivity index (χ3n) is 4.18. The van der Waals surface area contributed by atoms with Crippen molar-refractivity contribution in [3.63, 3.8) is 0 Å². The Kier molecular flexibility index (Phi) is 4.96. The first-order valence-corrected chi connectivity index (χ1v) is 9.13.